The van der Waals surface area contributed by atoms with Crippen LogP contribution in [0.4, 0.5) is 4.39 Å². The number of benzene rings is 2. The van der Waals surface area contributed by atoms with Gasteiger partial charge in [0.05, 0.1) is 7.11 Å². The summed E-state index contributed by atoms with van der Waals surface area (Å²) < 4.78 is 45.8. The zero-order valence-electron chi connectivity index (χ0n) is 16.5. The van der Waals surface area contributed by atoms with E-state index in [2.05, 4.69) is 5.32 Å². The van der Waals surface area contributed by atoms with Gasteiger partial charge in [0.25, 0.3) is 0 Å². The van der Waals surface area contributed by atoms with E-state index in [9.17, 15) is 17.6 Å². The smallest absolute Gasteiger partial charge is 0.246 e. The van der Waals surface area contributed by atoms with Crippen LogP contribution in [0.15, 0.2) is 47.4 Å². The summed E-state index contributed by atoms with van der Waals surface area (Å²) in [4.78, 5) is 12.3. The molecule has 1 aliphatic heterocycles. The molecule has 29 heavy (non-hydrogen) atoms. The number of piperidine rings is 1. The monoisotopic (exact) mass is 420 g/mol. The first-order chi connectivity index (χ1) is 13.8. The first-order valence-electron chi connectivity index (χ1n) is 9.48. The number of rotatable bonds is 6. The second-order valence-electron chi connectivity index (χ2n) is 7.18. The largest absolute Gasteiger partial charge is 0.495 e. The van der Waals surface area contributed by atoms with E-state index in [0.29, 0.717) is 19.4 Å². The molecule has 0 atom stereocenters. The molecule has 0 saturated carbocycles. The van der Waals surface area contributed by atoms with Gasteiger partial charge in [-0.2, -0.15) is 4.31 Å². The summed E-state index contributed by atoms with van der Waals surface area (Å²) in [5, 5.41) is 2.92. The molecular formula is C21H25FN2O4S. The van der Waals surface area contributed by atoms with Gasteiger partial charge in [0.15, 0.2) is 0 Å². The second kappa shape index (κ2) is 8.92. The van der Waals surface area contributed by atoms with Crippen molar-refractivity contribution in [1.82, 2.24) is 9.62 Å². The number of sulfonamides is 1. The molecule has 3 rings (SSSR count). The Morgan fingerprint density at radius 1 is 1.17 bits per heavy atom. The summed E-state index contributed by atoms with van der Waals surface area (Å²) in [6.07, 6.45) is 0.827. The number of methoxy groups -OCH3 is 1. The molecule has 1 aliphatic rings. The minimum absolute atomic E-state index is 0.0778. The van der Waals surface area contributed by atoms with Gasteiger partial charge in [-0.25, -0.2) is 12.8 Å². The van der Waals surface area contributed by atoms with Crippen LogP contribution in [0.3, 0.4) is 0 Å². The Labute approximate surface area is 170 Å². The average molecular weight is 421 g/mol. The number of carbonyl (C=O) groups is 1. The van der Waals surface area contributed by atoms with E-state index in [4.69, 9.17) is 4.74 Å². The molecule has 0 bridgehead atoms. The van der Waals surface area contributed by atoms with E-state index in [1.165, 1.54) is 17.5 Å². The molecule has 1 fully saturated rings. The lowest BCUT2D eigenvalue weighted by Crippen LogP contribution is -2.43. The first-order valence-corrected chi connectivity index (χ1v) is 10.9. The molecule has 156 valence electrons. The predicted octanol–water partition coefficient (Wildman–Crippen LogP) is 2.86. The number of nitrogens with one attached hydrogen (secondary N) is 1. The Bertz CT molecular complexity index is 969. The minimum atomic E-state index is -3.90. The lowest BCUT2D eigenvalue weighted by Gasteiger charge is -2.30. The van der Waals surface area contributed by atoms with Crippen molar-refractivity contribution in [3.8, 4) is 5.75 Å². The van der Waals surface area contributed by atoms with Gasteiger partial charge < -0.3 is 10.1 Å². The van der Waals surface area contributed by atoms with Gasteiger partial charge in [-0.15, -0.1) is 0 Å². The van der Waals surface area contributed by atoms with Gasteiger partial charge in [0, 0.05) is 25.6 Å². The minimum Gasteiger partial charge on any atom is -0.495 e. The van der Waals surface area contributed by atoms with Gasteiger partial charge in [-0.3, -0.25) is 4.79 Å². The van der Waals surface area contributed by atoms with Crippen LogP contribution in [0.25, 0.3) is 0 Å². The Morgan fingerprint density at radius 2 is 1.83 bits per heavy atom. The summed E-state index contributed by atoms with van der Waals surface area (Å²) in [5.41, 5.74) is 2.17. The van der Waals surface area contributed by atoms with E-state index < -0.39 is 15.8 Å². The number of hydrogen-bond acceptors (Lipinski definition) is 4. The highest BCUT2D eigenvalue weighted by molar-refractivity contribution is 7.89. The third-order valence-corrected chi connectivity index (χ3v) is 7.08. The Kier molecular flexibility index (Phi) is 6.54. The van der Waals surface area contributed by atoms with Crippen LogP contribution >= 0.6 is 0 Å². The highest BCUT2D eigenvalue weighted by Gasteiger charge is 2.33. The lowest BCUT2D eigenvalue weighted by molar-refractivity contribution is -0.126. The van der Waals surface area contributed by atoms with Crippen LogP contribution in [-0.2, 0) is 21.4 Å². The highest BCUT2D eigenvalue weighted by atomic mass is 32.2. The molecule has 1 heterocycles. The van der Waals surface area contributed by atoms with E-state index in [1.54, 1.807) is 0 Å². The lowest BCUT2D eigenvalue weighted by atomic mass is 9.97. The third-order valence-electron chi connectivity index (χ3n) is 5.16. The molecule has 0 unspecified atom stereocenters. The average Bonchev–Trinajstić information content (AvgIpc) is 2.73. The van der Waals surface area contributed by atoms with Gasteiger partial charge in [-0.05, 0) is 43.5 Å². The zero-order chi connectivity index (χ0) is 21.0. The number of amides is 1. The van der Waals surface area contributed by atoms with Crippen molar-refractivity contribution in [3.05, 3.63) is 59.4 Å². The summed E-state index contributed by atoms with van der Waals surface area (Å²) in [5.74, 6) is -0.869. The number of halogens is 1. The fraction of sp³-hybridized carbons (Fsp3) is 0.381. The van der Waals surface area contributed by atoms with Crippen molar-refractivity contribution < 1.29 is 22.3 Å². The van der Waals surface area contributed by atoms with Crippen LogP contribution < -0.4 is 10.1 Å². The highest BCUT2D eigenvalue weighted by Crippen LogP contribution is 2.30. The van der Waals surface area contributed by atoms with E-state index in [0.717, 1.165) is 23.3 Å². The topological polar surface area (TPSA) is 75.7 Å². The van der Waals surface area contributed by atoms with Crippen molar-refractivity contribution >= 4 is 15.9 Å². The fourth-order valence-corrected chi connectivity index (χ4v) is 5.03. The molecular weight excluding hydrogens is 395 g/mol. The molecule has 1 amide bonds. The first kappa shape index (κ1) is 21.3. The van der Waals surface area contributed by atoms with Gasteiger partial charge in [0.2, 0.25) is 15.9 Å². The molecule has 2 aromatic rings. The van der Waals surface area contributed by atoms with Gasteiger partial charge in [0.1, 0.15) is 16.5 Å². The van der Waals surface area contributed by atoms with Crippen molar-refractivity contribution in [2.45, 2.75) is 31.2 Å². The standard InChI is InChI=1S/C21H25FN2O4S/c1-15-3-5-16(6-4-15)14-23-21(25)17-9-11-24(12-10-17)29(26,27)20-13-18(22)7-8-19(20)28-2/h3-8,13,17H,9-12,14H2,1-2H3,(H,23,25). The zero-order valence-corrected chi connectivity index (χ0v) is 17.3. The van der Waals surface area contributed by atoms with Crippen LogP contribution in [0.2, 0.25) is 0 Å². The fourth-order valence-electron chi connectivity index (χ4n) is 3.39. The van der Waals surface area contributed by atoms with E-state index >= 15 is 0 Å². The predicted molar refractivity (Wildman–Crippen MR) is 107 cm³/mol. The molecule has 1 saturated heterocycles. The molecule has 0 spiro atoms. The maximum Gasteiger partial charge on any atom is 0.246 e. The Morgan fingerprint density at radius 3 is 2.45 bits per heavy atom. The Balaban J connectivity index is 1.60. The molecule has 0 aromatic heterocycles. The van der Waals surface area contributed by atoms with Crippen molar-refractivity contribution in [1.29, 1.82) is 0 Å². The van der Waals surface area contributed by atoms with Gasteiger partial charge in [-0.1, -0.05) is 29.8 Å². The number of hydrogen-bond donors (Lipinski definition) is 1. The molecule has 6 nitrogen and oxygen atoms in total. The van der Waals surface area contributed by atoms with Crippen LogP contribution in [0.5, 0.6) is 5.75 Å². The number of nitrogens with zero attached hydrogens (tertiary/aromatic N) is 1. The number of aryl methyl sites for hydroxylation is 1. The summed E-state index contributed by atoms with van der Waals surface area (Å²) in [6, 6.07) is 11.3. The molecule has 0 aliphatic carbocycles. The van der Waals surface area contributed by atoms with Crippen molar-refractivity contribution in [3.63, 3.8) is 0 Å². The van der Waals surface area contributed by atoms with Crippen molar-refractivity contribution in [2.24, 2.45) is 5.92 Å². The summed E-state index contributed by atoms with van der Waals surface area (Å²) in [6.45, 7) is 2.84. The quantitative estimate of drug-likeness (QED) is 0.780. The van der Waals surface area contributed by atoms with Crippen LogP contribution in [0, 0.1) is 18.7 Å². The maximum absolute atomic E-state index is 13.6. The number of ether oxygens (including phenoxy) is 1. The molecule has 0 radical (unpaired) electrons. The van der Waals surface area contributed by atoms with E-state index in [1.807, 2.05) is 31.2 Å². The normalized spacial score (nSPS) is 15.8. The summed E-state index contributed by atoms with van der Waals surface area (Å²) >= 11 is 0. The maximum atomic E-state index is 13.6. The second-order valence-corrected chi connectivity index (χ2v) is 9.08. The third kappa shape index (κ3) is 4.94. The van der Waals surface area contributed by atoms with Gasteiger partial charge >= 0.3 is 0 Å². The SMILES string of the molecule is COc1ccc(F)cc1S(=O)(=O)N1CCC(C(=O)NCc2ccc(C)cc2)CC1. The van der Waals surface area contributed by atoms with Crippen LogP contribution in [0.1, 0.15) is 24.0 Å². The molecule has 8 heteroatoms. The van der Waals surface area contributed by atoms with Crippen LogP contribution in [-0.4, -0.2) is 38.8 Å². The van der Waals surface area contributed by atoms with E-state index in [-0.39, 0.29) is 35.6 Å². The molecule has 1 N–H and O–H groups in total. The Hall–Kier alpha value is -2.45. The molecule has 2 aromatic carbocycles. The summed E-state index contributed by atoms with van der Waals surface area (Å²) in [7, 11) is -2.56. The van der Waals surface area contributed by atoms with Crippen molar-refractivity contribution in [2.75, 3.05) is 20.2 Å². The number of carbonyl (C=O) groups excluding carboxylic acids is 1.